The van der Waals surface area contributed by atoms with E-state index in [-0.39, 0.29) is 24.4 Å². The molecule has 2 amide bonds. The van der Waals surface area contributed by atoms with E-state index in [1.165, 1.54) is 24.0 Å². The Morgan fingerprint density at radius 3 is 2.56 bits per heavy atom. The Morgan fingerprint density at radius 2 is 1.96 bits per heavy atom. The van der Waals surface area contributed by atoms with Gasteiger partial charge in [0.25, 0.3) is 5.91 Å². The first-order chi connectivity index (χ1) is 11.8. The van der Waals surface area contributed by atoms with E-state index in [4.69, 9.17) is 5.11 Å². The van der Waals surface area contributed by atoms with Crippen molar-refractivity contribution in [3.05, 3.63) is 35.1 Å². The van der Waals surface area contributed by atoms with Crippen LogP contribution in [-0.2, 0) is 9.59 Å². The molecule has 0 aromatic heterocycles. The minimum Gasteiger partial charge on any atom is -0.480 e. The Morgan fingerprint density at radius 1 is 1.24 bits per heavy atom. The smallest absolute Gasteiger partial charge is 0.323 e. The minimum absolute atomic E-state index is 0.208. The van der Waals surface area contributed by atoms with Crippen LogP contribution in [0.4, 0.5) is 4.39 Å². The van der Waals surface area contributed by atoms with Gasteiger partial charge in [-0.2, -0.15) is 0 Å². The van der Waals surface area contributed by atoms with Gasteiger partial charge in [0.1, 0.15) is 12.4 Å². The second-order valence-electron chi connectivity index (χ2n) is 6.43. The van der Waals surface area contributed by atoms with Crippen molar-refractivity contribution in [2.45, 2.75) is 39.2 Å². The number of halogens is 1. The number of aryl methyl sites for hydroxylation is 1. The van der Waals surface area contributed by atoms with Crippen LogP contribution in [0.15, 0.2) is 18.2 Å². The van der Waals surface area contributed by atoms with Crippen LogP contribution in [0.25, 0.3) is 0 Å². The number of amides is 2. The maximum absolute atomic E-state index is 13.5. The average molecular weight is 350 g/mol. The second-order valence-corrected chi connectivity index (χ2v) is 6.43. The molecule has 0 saturated carbocycles. The van der Waals surface area contributed by atoms with Crippen LogP contribution in [-0.4, -0.2) is 58.4 Å². The maximum atomic E-state index is 13.5. The number of hydrogen-bond donors (Lipinski definition) is 1. The molecule has 0 aliphatic carbocycles. The van der Waals surface area contributed by atoms with Crippen LogP contribution in [0.2, 0.25) is 0 Å². The Kier molecular flexibility index (Phi) is 6.12. The number of carboxylic acids is 1. The van der Waals surface area contributed by atoms with Crippen molar-refractivity contribution in [2.75, 3.05) is 19.6 Å². The molecule has 1 unspecified atom stereocenters. The first-order valence-electron chi connectivity index (χ1n) is 8.33. The summed E-state index contributed by atoms with van der Waals surface area (Å²) in [6, 6.07) is 4.04. The minimum atomic E-state index is -1.05. The molecule has 1 fully saturated rings. The Labute approximate surface area is 146 Å². The highest BCUT2D eigenvalue weighted by Crippen LogP contribution is 2.19. The fraction of sp³-hybridized carbons (Fsp3) is 0.500. The molecule has 1 atom stereocenters. The van der Waals surface area contributed by atoms with Gasteiger partial charge in [-0.05, 0) is 49.9 Å². The van der Waals surface area contributed by atoms with Crippen LogP contribution in [0.3, 0.4) is 0 Å². The molecule has 0 spiro atoms. The van der Waals surface area contributed by atoms with Gasteiger partial charge in [-0.3, -0.25) is 14.4 Å². The highest BCUT2D eigenvalue weighted by Gasteiger charge is 2.28. The Bertz CT molecular complexity index is 657. The van der Waals surface area contributed by atoms with E-state index in [0.717, 1.165) is 0 Å². The topological polar surface area (TPSA) is 77.9 Å². The van der Waals surface area contributed by atoms with Crippen LogP contribution in [0.5, 0.6) is 0 Å². The molecule has 1 saturated heterocycles. The lowest BCUT2D eigenvalue weighted by Crippen LogP contribution is -2.43. The lowest BCUT2D eigenvalue weighted by atomic mass is 10.1. The number of likely N-dealkylation sites (tertiary alicyclic amines) is 1. The molecule has 0 radical (unpaired) electrons. The van der Waals surface area contributed by atoms with Gasteiger partial charge in [0, 0.05) is 31.6 Å². The molecule has 25 heavy (non-hydrogen) atoms. The number of carboxylic acid groups (broad SMARTS) is 1. The number of carbonyl (C=O) groups is 3. The molecule has 2 rings (SSSR count). The zero-order valence-corrected chi connectivity index (χ0v) is 14.5. The van der Waals surface area contributed by atoms with Crippen molar-refractivity contribution in [3.63, 3.8) is 0 Å². The van der Waals surface area contributed by atoms with Crippen LogP contribution >= 0.6 is 0 Å². The average Bonchev–Trinajstić information content (AvgIpc) is 2.76. The first kappa shape index (κ1) is 18.9. The largest absolute Gasteiger partial charge is 0.480 e. The van der Waals surface area contributed by atoms with Crippen molar-refractivity contribution in [3.8, 4) is 0 Å². The summed E-state index contributed by atoms with van der Waals surface area (Å²) in [5, 5.41) is 8.98. The summed E-state index contributed by atoms with van der Waals surface area (Å²) in [5.41, 5.74) is 0.991. The number of hydrogen-bond acceptors (Lipinski definition) is 3. The number of nitrogens with zero attached hydrogens (tertiary/aromatic N) is 2. The number of rotatable bonds is 4. The van der Waals surface area contributed by atoms with E-state index < -0.39 is 11.8 Å². The standard InChI is InChI=1S/C18H23FN2O4/c1-12-8-14(10-15(19)9-12)18(25)20-6-3-4-16(5-7-20)21(13(2)22)11-17(23)24/h8-10,16H,3-7,11H2,1-2H3,(H,23,24). The zero-order valence-electron chi connectivity index (χ0n) is 14.5. The van der Waals surface area contributed by atoms with E-state index in [1.54, 1.807) is 17.9 Å². The summed E-state index contributed by atoms with van der Waals surface area (Å²) >= 11 is 0. The molecule has 136 valence electrons. The first-order valence-corrected chi connectivity index (χ1v) is 8.33. The van der Waals surface area contributed by atoms with E-state index in [9.17, 15) is 18.8 Å². The molecule has 1 heterocycles. The normalized spacial score (nSPS) is 17.7. The Hall–Kier alpha value is -2.44. The van der Waals surface area contributed by atoms with Gasteiger partial charge in [-0.15, -0.1) is 0 Å². The van der Waals surface area contributed by atoms with Crippen LogP contribution in [0, 0.1) is 12.7 Å². The summed E-state index contributed by atoms with van der Waals surface area (Å²) in [6.45, 7) is 3.66. The van der Waals surface area contributed by atoms with Gasteiger partial charge in [0.05, 0.1) is 0 Å². The highest BCUT2D eigenvalue weighted by atomic mass is 19.1. The van der Waals surface area contributed by atoms with Crippen molar-refractivity contribution >= 4 is 17.8 Å². The number of benzene rings is 1. The molecule has 1 aromatic carbocycles. The zero-order chi connectivity index (χ0) is 18.6. The summed E-state index contributed by atoms with van der Waals surface area (Å²) in [7, 11) is 0. The van der Waals surface area contributed by atoms with Gasteiger partial charge in [0.15, 0.2) is 0 Å². The maximum Gasteiger partial charge on any atom is 0.323 e. The summed E-state index contributed by atoms with van der Waals surface area (Å²) in [4.78, 5) is 38.3. The van der Waals surface area contributed by atoms with Gasteiger partial charge >= 0.3 is 5.97 Å². The van der Waals surface area contributed by atoms with Crippen molar-refractivity contribution in [2.24, 2.45) is 0 Å². The summed E-state index contributed by atoms with van der Waals surface area (Å²) < 4.78 is 13.5. The molecule has 6 nitrogen and oxygen atoms in total. The van der Waals surface area contributed by atoms with E-state index >= 15 is 0 Å². The third-order valence-corrected chi connectivity index (χ3v) is 4.42. The van der Waals surface area contributed by atoms with Crippen molar-refractivity contribution in [1.82, 2.24) is 9.80 Å². The van der Waals surface area contributed by atoms with Gasteiger partial charge in [-0.25, -0.2) is 4.39 Å². The van der Waals surface area contributed by atoms with E-state index in [2.05, 4.69) is 0 Å². The van der Waals surface area contributed by atoms with E-state index in [1.807, 2.05) is 0 Å². The molecule has 7 heteroatoms. The summed E-state index contributed by atoms with van der Waals surface area (Å²) in [6.07, 6.45) is 1.81. The van der Waals surface area contributed by atoms with E-state index in [0.29, 0.717) is 43.5 Å². The lowest BCUT2D eigenvalue weighted by molar-refractivity contribution is -0.145. The third kappa shape index (κ3) is 5.01. The SMILES string of the molecule is CC(=O)N(CC(=O)O)C1CCCN(C(=O)c2cc(C)cc(F)c2)CC1. The monoisotopic (exact) mass is 350 g/mol. The molecular weight excluding hydrogens is 327 g/mol. The predicted molar refractivity (Wildman–Crippen MR) is 89.7 cm³/mol. The molecule has 1 N–H and O–H groups in total. The molecule has 1 aromatic rings. The molecular formula is C18H23FN2O4. The van der Waals surface area contributed by atoms with Gasteiger partial charge in [0.2, 0.25) is 5.91 Å². The van der Waals surface area contributed by atoms with Gasteiger partial charge in [-0.1, -0.05) is 0 Å². The second kappa shape index (κ2) is 8.09. The quantitative estimate of drug-likeness (QED) is 0.902. The summed E-state index contributed by atoms with van der Waals surface area (Å²) in [5.74, 6) is -2.02. The number of aliphatic carboxylic acids is 1. The Balaban J connectivity index is 2.08. The molecule has 0 bridgehead atoms. The van der Waals surface area contributed by atoms with Crippen LogP contribution in [0.1, 0.15) is 42.1 Å². The van der Waals surface area contributed by atoms with Crippen molar-refractivity contribution < 1.29 is 23.9 Å². The fourth-order valence-corrected chi connectivity index (χ4v) is 3.28. The van der Waals surface area contributed by atoms with Gasteiger partial charge < -0.3 is 14.9 Å². The molecule has 1 aliphatic heterocycles. The fourth-order valence-electron chi connectivity index (χ4n) is 3.28. The van der Waals surface area contributed by atoms with Crippen LogP contribution < -0.4 is 0 Å². The molecule has 1 aliphatic rings. The third-order valence-electron chi connectivity index (χ3n) is 4.42. The lowest BCUT2D eigenvalue weighted by Gasteiger charge is -2.28. The number of carbonyl (C=O) groups excluding carboxylic acids is 2. The highest BCUT2D eigenvalue weighted by molar-refractivity contribution is 5.94. The van der Waals surface area contributed by atoms with Crippen molar-refractivity contribution in [1.29, 1.82) is 0 Å². The predicted octanol–water partition coefficient (Wildman–Crippen LogP) is 2.06.